The summed E-state index contributed by atoms with van der Waals surface area (Å²) >= 11 is 0. The second kappa shape index (κ2) is 10.9. The third-order valence-electron chi connectivity index (χ3n) is 5.76. The number of ether oxygens (including phenoxy) is 2. The van der Waals surface area contributed by atoms with Crippen molar-refractivity contribution in [3.63, 3.8) is 0 Å². The first-order chi connectivity index (χ1) is 15.3. The zero-order valence-corrected chi connectivity index (χ0v) is 20.3. The lowest BCUT2D eigenvalue weighted by molar-refractivity contribution is 0.00928. The molecule has 2 heterocycles. The Morgan fingerprint density at radius 3 is 2.59 bits per heavy atom. The van der Waals surface area contributed by atoms with Crippen LogP contribution in [0.3, 0.4) is 0 Å². The third kappa shape index (κ3) is 7.00. The summed E-state index contributed by atoms with van der Waals surface area (Å²) in [6, 6.07) is 4.14. The fraction of sp³-hybridized carbons (Fsp3) is 0.708. The van der Waals surface area contributed by atoms with E-state index in [1.165, 1.54) is 12.8 Å². The fourth-order valence-corrected chi connectivity index (χ4v) is 3.99. The molecule has 1 saturated heterocycles. The van der Waals surface area contributed by atoms with Crippen LogP contribution in [0.15, 0.2) is 23.3 Å². The third-order valence-corrected chi connectivity index (χ3v) is 5.76. The van der Waals surface area contributed by atoms with E-state index in [1.54, 1.807) is 13.2 Å². The zero-order valence-electron chi connectivity index (χ0n) is 20.3. The van der Waals surface area contributed by atoms with Crippen LogP contribution in [-0.2, 0) is 11.3 Å². The Hall–Kier alpha value is -2.51. The number of aliphatic imine (C=N–C) groups is 1. The molecule has 0 aromatic carbocycles. The molecular weight excluding hydrogens is 406 g/mol. The first kappa shape index (κ1) is 24.1. The number of aromatic nitrogens is 1. The monoisotopic (exact) mass is 445 g/mol. The van der Waals surface area contributed by atoms with E-state index >= 15 is 0 Å². The van der Waals surface area contributed by atoms with Gasteiger partial charge in [-0.25, -0.2) is 9.78 Å². The molecule has 8 heteroatoms. The van der Waals surface area contributed by atoms with Crippen LogP contribution in [-0.4, -0.2) is 71.8 Å². The molecule has 0 bridgehead atoms. The number of piperidine rings is 1. The van der Waals surface area contributed by atoms with Crippen molar-refractivity contribution in [2.75, 3.05) is 33.3 Å². The first-order valence-electron chi connectivity index (χ1n) is 11.8. The molecule has 0 atom stereocenters. The van der Waals surface area contributed by atoms with Crippen molar-refractivity contribution in [2.45, 2.75) is 71.6 Å². The number of guanidine groups is 1. The summed E-state index contributed by atoms with van der Waals surface area (Å²) in [5.41, 5.74) is 0.531. The van der Waals surface area contributed by atoms with Crippen LogP contribution < -0.4 is 10.1 Å². The standard InChI is InChI=1S/C24H39N5O3/c1-6-31-21-19(8-7-13-26-21)16-27-22(25-5)28-14-11-20(12-15-28)29(17-18-9-10-18)23(30)32-24(2,3)4/h7-8,13,18,20H,6,9-12,14-17H2,1-5H3,(H,25,27). The molecule has 1 aliphatic heterocycles. The molecule has 1 amide bonds. The minimum absolute atomic E-state index is 0.176. The van der Waals surface area contributed by atoms with E-state index in [1.807, 2.05) is 44.7 Å². The van der Waals surface area contributed by atoms with Gasteiger partial charge in [0.25, 0.3) is 0 Å². The fourth-order valence-electron chi connectivity index (χ4n) is 3.99. The van der Waals surface area contributed by atoms with Crippen molar-refractivity contribution in [3.05, 3.63) is 23.9 Å². The number of nitrogens with one attached hydrogen (secondary N) is 1. The number of nitrogens with zero attached hydrogens (tertiary/aromatic N) is 4. The maximum Gasteiger partial charge on any atom is 0.410 e. The van der Waals surface area contributed by atoms with Crippen molar-refractivity contribution in [2.24, 2.45) is 10.9 Å². The molecule has 1 saturated carbocycles. The van der Waals surface area contributed by atoms with E-state index in [4.69, 9.17) is 9.47 Å². The second-order valence-corrected chi connectivity index (χ2v) is 9.60. The predicted octanol–water partition coefficient (Wildman–Crippen LogP) is 3.67. The number of hydrogen-bond donors (Lipinski definition) is 1. The van der Waals surface area contributed by atoms with Gasteiger partial charge in [0.15, 0.2) is 5.96 Å². The van der Waals surface area contributed by atoms with Gasteiger partial charge in [-0.1, -0.05) is 6.07 Å². The summed E-state index contributed by atoms with van der Waals surface area (Å²) < 4.78 is 11.3. The summed E-state index contributed by atoms with van der Waals surface area (Å²) in [5, 5.41) is 3.45. The predicted molar refractivity (Wildman–Crippen MR) is 126 cm³/mol. The van der Waals surface area contributed by atoms with Crippen LogP contribution in [0, 0.1) is 5.92 Å². The van der Waals surface area contributed by atoms with E-state index < -0.39 is 5.60 Å². The quantitative estimate of drug-likeness (QED) is 0.510. The van der Waals surface area contributed by atoms with Crippen molar-refractivity contribution >= 4 is 12.1 Å². The Bertz CT molecular complexity index is 780. The molecule has 1 N–H and O–H groups in total. The maximum atomic E-state index is 12.9. The number of carbonyl (C=O) groups excluding carboxylic acids is 1. The largest absolute Gasteiger partial charge is 0.478 e. The molecule has 32 heavy (non-hydrogen) atoms. The minimum atomic E-state index is -0.474. The van der Waals surface area contributed by atoms with Crippen LogP contribution in [0.4, 0.5) is 4.79 Å². The Balaban J connectivity index is 1.56. The molecule has 2 aliphatic rings. The highest BCUT2D eigenvalue weighted by molar-refractivity contribution is 5.80. The van der Waals surface area contributed by atoms with E-state index in [0.29, 0.717) is 24.9 Å². The van der Waals surface area contributed by atoms with Crippen molar-refractivity contribution in [1.29, 1.82) is 0 Å². The first-order valence-corrected chi connectivity index (χ1v) is 11.8. The number of rotatable bonds is 7. The SMILES string of the molecule is CCOc1ncccc1CNC(=NC)N1CCC(N(CC2CC2)C(=O)OC(C)(C)C)CC1. The topological polar surface area (TPSA) is 79.3 Å². The summed E-state index contributed by atoms with van der Waals surface area (Å²) in [5.74, 6) is 2.15. The van der Waals surface area contributed by atoms with Gasteiger partial charge in [0.2, 0.25) is 5.88 Å². The molecule has 1 aromatic heterocycles. The number of pyridine rings is 1. The minimum Gasteiger partial charge on any atom is -0.478 e. The molecule has 0 radical (unpaired) electrons. The lowest BCUT2D eigenvalue weighted by Gasteiger charge is -2.40. The van der Waals surface area contributed by atoms with E-state index in [0.717, 1.165) is 44.0 Å². The summed E-state index contributed by atoms with van der Waals surface area (Å²) in [7, 11) is 1.81. The van der Waals surface area contributed by atoms with Crippen LogP contribution in [0.5, 0.6) is 5.88 Å². The molecule has 1 aromatic rings. The molecule has 178 valence electrons. The van der Waals surface area contributed by atoms with Crippen LogP contribution >= 0.6 is 0 Å². The number of likely N-dealkylation sites (tertiary alicyclic amines) is 1. The lowest BCUT2D eigenvalue weighted by atomic mass is 10.0. The molecule has 2 fully saturated rings. The van der Waals surface area contributed by atoms with Gasteiger partial charge in [-0.15, -0.1) is 0 Å². The van der Waals surface area contributed by atoms with E-state index in [-0.39, 0.29) is 12.1 Å². The summed E-state index contributed by atoms with van der Waals surface area (Å²) in [4.78, 5) is 25.9. The second-order valence-electron chi connectivity index (χ2n) is 9.60. The molecular formula is C24H39N5O3. The van der Waals surface area contributed by atoms with Crippen LogP contribution in [0.25, 0.3) is 0 Å². The van der Waals surface area contributed by atoms with E-state index in [9.17, 15) is 4.79 Å². The van der Waals surface area contributed by atoms with Crippen molar-refractivity contribution in [1.82, 2.24) is 20.1 Å². The molecule has 0 spiro atoms. The zero-order chi connectivity index (χ0) is 23.1. The highest BCUT2D eigenvalue weighted by Gasteiger charge is 2.35. The van der Waals surface area contributed by atoms with Gasteiger partial charge < -0.3 is 24.6 Å². The van der Waals surface area contributed by atoms with Gasteiger partial charge >= 0.3 is 6.09 Å². The molecule has 8 nitrogen and oxygen atoms in total. The van der Waals surface area contributed by atoms with Crippen molar-refractivity contribution in [3.8, 4) is 5.88 Å². The maximum absolute atomic E-state index is 12.9. The Kier molecular flexibility index (Phi) is 8.21. The lowest BCUT2D eigenvalue weighted by Crippen LogP contribution is -2.52. The van der Waals surface area contributed by atoms with Gasteiger partial charge in [0.05, 0.1) is 6.61 Å². The van der Waals surface area contributed by atoms with Gasteiger partial charge in [-0.05, 0) is 65.4 Å². The van der Waals surface area contributed by atoms with Gasteiger partial charge in [-0.3, -0.25) is 4.99 Å². The smallest absolute Gasteiger partial charge is 0.410 e. The highest BCUT2D eigenvalue weighted by atomic mass is 16.6. The number of carbonyl (C=O) groups is 1. The van der Waals surface area contributed by atoms with Crippen LogP contribution in [0.2, 0.25) is 0 Å². The molecule has 3 rings (SSSR count). The Morgan fingerprint density at radius 1 is 1.28 bits per heavy atom. The van der Waals surface area contributed by atoms with Crippen molar-refractivity contribution < 1.29 is 14.3 Å². The van der Waals surface area contributed by atoms with Gasteiger partial charge in [0, 0.05) is 51.0 Å². The van der Waals surface area contributed by atoms with E-state index in [2.05, 4.69) is 20.2 Å². The van der Waals surface area contributed by atoms with Crippen LogP contribution in [0.1, 0.15) is 58.9 Å². The summed E-state index contributed by atoms with van der Waals surface area (Å²) in [6.07, 6.45) is 5.81. The Labute approximate surface area is 192 Å². The summed E-state index contributed by atoms with van der Waals surface area (Å²) in [6.45, 7) is 11.4. The number of amides is 1. The number of hydrogen-bond acceptors (Lipinski definition) is 5. The Morgan fingerprint density at radius 2 is 2.00 bits per heavy atom. The van der Waals surface area contributed by atoms with Gasteiger partial charge in [-0.2, -0.15) is 0 Å². The molecule has 1 aliphatic carbocycles. The molecule has 0 unspecified atom stereocenters. The van der Waals surface area contributed by atoms with Gasteiger partial charge in [0.1, 0.15) is 5.60 Å². The average molecular weight is 446 g/mol. The normalized spacial score (nSPS) is 17.8. The average Bonchev–Trinajstić information content (AvgIpc) is 3.57. The highest BCUT2D eigenvalue weighted by Crippen LogP contribution is 2.32.